The maximum absolute atomic E-state index is 6.03. The molecule has 0 radical (unpaired) electrons. The van der Waals surface area contributed by atoms with Crippen molar-refractivity contribution in [2.24, 2.45) is 0 Å². The van der Waals surface area contributed by atoms with Gasteiger partial charge in [0, 0.05) is 10.0 Å². The van der Waals surface area contributed by atoms with Crippen LogP contribution in [-0.2, 0) is 0 Å². The van der Waals surface area contributed by atoms with Crippen LogP contribution >= 0.6 is 23.2 Å². The molecule has 3 aromatic carbocycles. The molecule has 0 aromatic heterocycles. The highest BCUT2D eigenvalue weighted by atomic mass is 35.5. The van der Waals surface area contributed by atoms with Gasteiger partial charge in [-0.3, -0.25) is 0 Å². The first-order valence-corrected chi connectivity index (χ1v) is 9.93. The SMILES string of the molecule is CC.CC.Cc1cc(Cl)ccc1-c1ccc(-c2ccc(Cl)cc2C)cc1. The summed E-state index contributed by atoms with van der Waals surface area (Å²) in [6.07, 6.45) is 0. The minimum absolute atomic E-state index is 0.773. The van der Waals surface area contributed by atoms with E-state index in [0.717, 1.165) is 10.0 Å². The van der Waals surface area contributed by atoms with Crippen molar-refractivity contribution in [1.82, 2.24) is 0 Å². The third-order valence-electron chi connectivity index (χ3n) is 3.88. The first-order valence-electron chi connectivity index (χ1n) is 9.18. The molecule has 0 saturated heterocycles. The molecule has 0 aliphatic rings. The molecule has 0 atom stereocenters. The van der Waals surface area contributed by atoms with Gasteiger partial charge in [0.1, 0.15) is 0 Å². The number of halogens is 2. The van der Waals surface area contributed by atoms with Gasteiger partial charge < -0.3 is 0 Å². The average molecular weight is 387 g/mol. The van der Waals surface area contributed by atoms with E-state index in [1.807, 2.05) is 52.0 Å². The largest absolute Gasteiger partial charge is 0.0843 e. The van der Waals surface area contributed by atoms with Crippen molar-refractivity contribution in [1.29, 1.82) is 0 Å². The van der Waals surface area contributed by atoms with Gasteiger partial charge in [0.2, 0.25) is 0 Å². The minimum Gasteiger partial charge on any atom is -0.0843 e. The van der Waals surface area contributed by atoms with Gasteiger partial charge in [-0.1, -0.05) is 87.3 Å². The van der Waals surface area contributed by atoms with Crippen molar-refractivity contribution in [3.63, 3.8) is 0 Å². The third-order valence-corrected chi connectivity index (χ3v) is 4.35. The Hall–Kier alpha value is -1.76. The summed E-state index contributed by atoms with van der Waals surface area (Å²) in [5.74, 6) is 0. The highest BCUT2D eigenvalue weighted by molar-refractivity contribution is 6.31. The molecule has 0 spiro atoms. The molecule has 0 fully saturated rings. The van der Waals surface area contributed by atoms with E-state index in [4.69, 9.17) is 23.2 Å². The van der Waals surface area contributed by atoms with Gasteiger partial charge in [0.15, 0.2) is 0 Å². The predicted molar refractivity (Wildman–Crippen MR) is 120 cm³/mol. The van der Waals surface area contributed by atoms with Gasteiger partial charge in [-0.15, -0.1) is 0 Å². The molecule has 0 bridgehead atoms. The van der Waals surface area contributed by atoms with Gasteiger partial charge in [-0.2, -0.15) is 0 Å². The number of rotatable bonds is 2. The first-order chi connectivity index (χ1) is 12.5. The standard InChI is InChI=1S/C20H16Cl2.2C2H6/c1-13-11-17(21)7-9-19(13)15-3-5-16(6-4-15)20-10-8-18(22)12-14(20)2;2*1-2/h3-12H,1-2H3;2*1-2H3. The predicted octanol–water partition coefficient (Wildman–Crippen LogP) is 9.00. The molecular formula is C24H28Cl2. The molecule has 2 heteroatoms. The number of benzene rings is 3. The van der Waals surface area contributed by atoms with Crippen LogP contribution in [0.5, 0.6) is 0 Å². The molecule has 26 heavy (non-hydrogen) atoms. The fourth-order valence-electron chi connectivity index (χ4n) is 2.73. The molecule has 3 rings (SSSR count). The van der Waals surface area contributed by atoms with Gasteiger partial charge in [-0.25, -0.2) is 0 Å². The zero-order valence-electron chi connectivity index (χ0n) is 16.5. The molecular weight excluding hydrogens is 359 g/mol. The van der Waals surface area contributed by atoms with Crippen LogP contribution in [0.3, 0.4) is 0 Å². The summed E-state index contributed by atoms with van der Waals surface area (Å²) >= 11 is 12.1. The average Bonchev–Trinajstić information content (AvgIpc) is 2.65. The Balaban J connectivity index is 0.000000791. The lowest BCUT2D eigenvalue weighted by molar-refractivity contribution is 1.44. The van der Waals surface area contributed by atoms with E-state index in [0.29, 0.717) is 0 Å². The zero-order chi connectivity index (χ0) is 19.7. The Kier molecular flexibility index (Phi) is 9.48. The zero-order valence-corrected chi connectivity index (χ0v) is 18.0. The smallest absolute Gasteiger partial charge is 0.0409 e. The highest BCUT2D eigenvalue weighted by Crippen LogP contribution is 2.30. The van der Waals surface area contributed by atoms with E-state index >= 15 is 0 Å². The van der Waals surface area contributed by atoms with Crippen LogP contribution in [0.2, 0.25) is 10.0 Å². The van der Waals surface area contributed by atoms with Gasteiger partial charge >= 0.3 is 0 Å². The molecule has 0 aliphatic carbocycles. The van der Waals surface area contributed by atoms with Crippen molar-refractivity contribution in [3.8, 4) is 22.3 Å². The summed E-state index contributed by atoms with van der Waals surface area (Å²) in [4.78, 5) is 0. The second-order valence-corrected chi connectivity index (χ2v) is 6.37. The summed E-state index contributed by atoms with van der Waals surface area (Å²) in [6, 6.07) is 20.6. The van der Waals surface area contributed by atoms with Crippen LogP contribution in [0.25, 0.3) is 22.3 Å². The van der Waals surface area contributed by atoms with Crippen molar-refractivity contribution in [3.05, 3.63) is 81.8 Å². The van der Waals surface area contributed by atoms with Crippen molar-refractivity contribution in [2.45, 2.75) is 41.5 Å². The van der Waals surface area contributed by atoms with E-state index in [1.54, 1.807) is 0 Å². The van der Waals surface area contributed by atoms with E-state index in [9.17, 15) is 0 Å². The van der Waals surface area contributed by atoms with Crippen LogP contribution < -0.4 is 0 Å². The molecule has 0 saturated carbocycles. The summed E-state index contributed by atoms with van der Waals surface area (Å²) in [5, 5.41) is 1.55. The quantitative estimate of drug-likeness (QED) is 0.411. The van der Waals surface area contributed by atoms with Crippen molar-refractivity contribution in [2.75, 3.05) is 0 Å². The lowest BCUT2D eigenvalue weighted by Crippen LogP contribution is -1.86. The molecule has 0 amide bonds. The first kappa shape index (κ1) is 22.3. The maximum Gasteiger partial charge on any atom is 0.0409 e. The fraction of sp³-hybridized carbons (Fsp3) is 0.250. The van der Waals surface area contributed by atoms with Gasteiger partial charge in [-0.05, 0) is 71.5 Å². The monoisotopic (exact) mass is 386 g/mol. The van der Waals surface area contributed by atoms with Gasteiger partial charge in [0.25, 0.3) is 0 Å². The van der Waals surface area contributed by atoms with E-state index in [-0.39, 0.29) is 0 Å². The molecule has 3 aromatic rings. The maximum atomic E-state index is 6.03. The van der Waals surface area contributed by atoms with E-state index < -0.39 is 0 Å². The second kappa shape index (κ2) is 11.1. The van der Waals surface area contributed by atoms with Gasteiger partial charge in [0.05, 0.1) is 0 Å². The molecule has 0 N–H and O–H groups in total. The van der Waals surface area contributed by atoms with E-state index in [1.165, 1.54) is 33.4 Å². The Morgan fingerprint density at radius 3 is 1.08 bits per heavy atom. The summed E-state index contributed by atoms with van der Waals surface area (Å²) in [7, 11) is 0. The molecule has 0 nitrogen and oxygen atoms in total. The normalized spacial score (nSPS) is 9.54. The summed E-state index contributed by atoms with van der Waals surface area (Å²) in [6.45, 7) is 12.2. The van der Waals surface area contributed by atoms with Crippen molar-refractivity contribution >= 4 is 23.2 Å². The summed E-state index contributed by atoms with van der Waals surface area (Å²) in [5.41, 5.74) is 7.19. The molecule has 138 valence electrons. The Bertz CT molecular complexity index is 748. The summed E-state index contributed by atoms with van der Waals surface area (Å²) < 4.78 is 0. The Morgan fingerprint density at radius 2 is 0.808 bits per heavy atom. The van der Waals surface area contributed by atoms with Crippen molar-refractivity contribution < 1.29 is 0 Å². The molecule has 0 heterocycles. The number of hydrogen-bond acceptors (Lipinski definition) is 0. The van der Waals surface area contributed by atoms with Crippen LogP contribution in [0, 0.1) is 13.8 Å². The number of hydrogen-bond donors (Lipinski definition) is 0. The van der Waals surface area contributed by atoms with Crippen LogP contribution in [0.1, 0.15) is 38.8 Å². The second-order valence-electron chi connectivity index (χ2n) is 5.50. The molecule has 0 aliphatic heterocycles. The Labute approximate surface area is 168 Å². The number of aryl methyl sites for hydroxylation is 2. The van der Waals surface area contributed by atoms with Crippen LogP contribution in [-0.4, -0.2) is 0 Å². The topological polar surface area (TPSA) is 0 Å². The van der Waals surface area contributed by atoms with Crippen LogP contribution in [0.15, 0.2) is 60.7 Å². The lowest BCUT2D eigenvalue weighted by Gasteiger charge is -2.10. The van der Waals surface area contributed by atoms with Crippen LogP contribution in [0.4, 0.5) is 0 Å². The minimum atomic E-state index is 0.773. The highest BCUT2D eigenvalue weighted by Gasteiger charge is 2.05. The molecule has 0 unspecified atom stereocenters. The van der Waals surface area contributed by atoms with E-state index in [2.05, 4.69) is 50.2 Å². The Morgan fingerprint density at radius 1 is 0.500 bits per heavy atom. The lowest BCUT2D eigenvalue weighted by atomic mass is 9.96. The fourth-order valence-corrected chi connectivity index (χ4v) is 3.18. The third kappa shape index (κ3) is 5.62.